The standard InChI is InChI=1S/C14H22BrN3S/c1-17-10-2-3-11(17)9-18(6-4-10)13(8-16)14-12(15)5-7-19-14/h5,7,10-11,13H,2-4,6,8-9,16H2,1H3. The first-order valence-corrected chi connectivity index (χ1v) is 8.77. The molecule has 0 amide bonds. The summed E-state index contributed by atoms with van der Waals surface area (Å²) in [7, 11) is 2.30. The average Bonchev–Trinajstić information content (AvgIpc) is 2.89. The van der Waals surface area contributed by atoms with Crippen molar-refractivity contribution in [1.29, 1.82) is 0 Å². The van der Waals surface area contributed by atoms with Crippen LogP contribution in [-0.4, -0.2) is 48.6 Å². The number of hydrogen-bond acceptors (Lipinski definition) is 4. The quantitative estimate of drug-likeness (QED) is 0.915. The van der Waals surface area contributed by atoms with Crippen LogP contribution < -0.4 is 5.73 Å². The summed E-state index contributed by atoms with van der Waals surface area (Å²) in [5.41, 5.74) is 6.08. The fraction of sp³-hybridized carbons (Fsp3) is 0.714. The van der Waals surface area contributed by atoms with Gasteiger partial charge in [-0.2, -0.15) is 0 Å². The highest BCUT2D eigenvalue weighted by Crippen LogP contribution is 2.36. The first-order valence-electron chi connectivity index (χ1n) is 7.09. The Hall–Kier alpha value is 0.0600. The molecule has 2 aliphatic heterocycles. The monoisotopic (exact) mass is 343 g/mol. The fourth-order valence-electron chi connectivity index (χ4n) is 3.58. The Labute approximate surface area is 127 Å². The zero-order chi connectivity index (χ0) is 13.4. The third kappa shape index (κ3) is 2.63. The van der Waals surface area contributed by atoms with Crippen molar-refractivity contribution in [3.8, 4) is 0 Å². The summed E-state index contributed by atoms with van der Waals surface area (Å²) in [6, 6.07) is 4.03. The lowest BCUT2D eigenvalue weighted by molar-refractivity contribution is 0.176. The van der Waals surface area contributed by atoms with Crippen molar-refractivity contribution >= 4 is 27.3 Å². The van der Waals surface area contributed by atoms with E-state index in [0.29, 0.717) is 12.6 Å². The molecule has 2 fully saturated rings. The SMILES string of the molecule is CN1C2CCC1CN(C(CN)c1sccc1Br)CC2. The van der Waals surface area contributed by atoms with Gasteiger partial charge in [-0.05, 0) is 53.7 Å². The number of likely N-dealkylation sites (N-methyl/N-ethyl adjacent to an activating group) is 1. The van der Waals surface area contributed by atoms with Gasteiger partial charge in [-0.25, -0.2) is 0 Å². The van der Waals surface area contributed by atoms with Crippen molar-refractivity contribution in [3.63, 3.8) is 0 Å². The summed E-state index contributed by atoms with van der Waals surface area (Å²) >= 11 is 5.49. The predicted molar refractivity (Wildman–Crippen MR) is 84.6 cm³/mol. The van der Waals surface area contributed by atoms with Gasteiger partial charge in [0.15, 0.2) is 0 Å². The van der Waals surface area contributed by atoms with E-state index in [9.17, 15) is 0 Å². The van der Waals surface area contributed by atoms with Gasteiger partial charge in [-0.15, -0.1) is 11.3 Å². The molecule has 2 N–H and O–H groups in total. The van der Waals surface area contributed by atoms with Crippen molar-refractivity contribution in [3.05, 3.63) is 20.8 Å². The number of fused-ring (bicyclic) bond motifs is 2. The highest BCUT2D eigenvalue weighted by molar-refractivity contribution is 9.10. The molecule has 0 aromatic carbocycles. The second-order valence-corrected chi connectivity index (χ2v) is 7.52. The lowest BCUT2D eigenvalue weighted by atomic mass is 10.1. The van der Waals surface area contributed by atoms with E-state index in [1.807, 2.05) is 11.3 Å². The Morgan fingerprint density at radius 2 is 2.21 bits per heavy atom. The molecule has 3 heterocycles. The zero-order valence-electron chi connectivity index (χ0n) is 11.4. The van der Waals surface area contributed by atoms with E-state index < -0.39 is 0 Å². The van der Waals surface area contributed by atoms with Crippen molar-refractivity contribution in [2.75, 3.05) is 26.7 Å². The predicted octanol–water partition coefficient (Wildman–Crippen LogP) is 2.68. The molecule has 5 heteroatoms. The maximum absolute atomic E-state index is 6.08. The third-order valence-electron chi connectivity index (χ3n) is 4.79. The summed E-state index contributed by atoms with van der Waals surface area (Å²) in [4.78, 5) is 6.59. The summed E-state index contributed by atoms with van der Waals surface area (Å²) in [5.74, 6) is 0. The van der Waals surface area contributed by atoms with Crippen molar-refractivity contribution < 1.29 is 0 Å². The normalized spacial score (nSPS) is 30.5. The molecule has 3 atom stereocenters. The van der Waals surface area contributed by atoms with Crippen LogP contribution >= 0.6 is 27.3 Å². The van der Waals surface area contributed by atoms with Crippen molar-refractivity contribution in [2.45, 2.75) is 37.4 Å². The first-order chi connectivity index (χ1) is 9.20. The maximum Gasteiger partial charge on any atom is 0.0576 e. The van der Waals surface area contributed by atoms with E-state index in [1.165, 1.54) is 41.7 Å². The van der Waals surface area contributed by atoms with E-state index in [-0.39, 0.29) is 0 Å². The molecule has 2 bridgehead atoms. The zero-order valence-corrected chi connectivity index (χ0v) is 13.8. The molecule has 3 rings (SSSR count). The molecule has 0 saturated carbocycles. The van der Waals surface area contributed by atoms with Gasteiger partial charge in [0.05, 0.1) is 6.04 Å². The smallest absolute Gasteiger partial charge is 0.0576 e. The number of nitrogens with zero attached hydrogens (tertiary/aromatic N) is 2. The summed E-state index contributed by atoms with van der Waals surface area (Å²) < 4.78 is 1.22. The summed E-state index contributed by atoms with van der Waals surface area (Å²) in [5, 5.41) is 2.15. The number of hydrogen-bond donors (Lipinski definition) is 1. The molecule has 1 aromatic rings. The van der Waals surface area contributed by atoms with E-state index in [0.717, 1.165) is 12.1 Å². The lowest BCUT2D eigenvalue weighted by Gasteiger charge is -2.32. The molecule has 3 unspecified atom stereocenters. The molecule has 0 spiro atoms. The van der Waals surface area contributed by atoms with Gasteiger partial charge >= 0.3 is 0 Å². The van der Waals surface area contributed by atoms with Gasteiger partial charge in [0.1, 0.15) is 0 Å². The van der Waals surface area contributed by atoms with Crippen LogP contribution in [0.4, 0.5) is 0 Å². The van der Waals surface area contributed by atoms with E-state index in [4.69, 9.17) is 5.73 Å². The van der Waals surface area contributed by atoms with Gasteiger partial charge in [0, 0.05) is 41.1 Å². The molecule has 106 valence electrons. The highest BCUT2D eigenvalue weighted by Gasteiger charge is 2.37. The Bertz CT molecular complexity index is 436. The second kappa shape index (κ2) is 5.82. The van der Waals surface area contributed by atoms with Gasteiger partial charge in [0.25, 0.3) is 0 Å². The molecule has 0 aliphatic carbocycles. The lowest BCUT2D eigenvalue weighted by Crippen LogP contribution is -2.40. The van der Waals surface area contributed by atoms with Crippen LogP contribution in [0.1, 0.15) is 30.2 Å². The van der Waals surface area contributed by atoms with Crippen LogP contribution in [0.5, 0.6) is 0 Å². The van der Waals surface area contributed by atoms with Gasteiger partial charge in [-0.3, -0.25) is 9.80 Å². The number of likely N-dealkylation sites (tertiary alicyclic amines) is 1. The summed E-state index contributed by atoms with van der Waals surface area (Å²) in [6.07, 6.45) is 4.01. The molecule has 3 nitrogen and oxygen atoms in total. The Balaban J connectivity index is 1.79. The van der Waals surface area contributed by atoms with Crippen LogP contribution in [0.2, 0.25) is 0 Å². The molecule has 2 saturated heterocycles. The first kappa shape index (κ1) is 14.0. The van der Waals surface area contributed by atoms with Gasteiger partial charge in [-0.1, -0.05) is 0 Å². The van der Waals surface area contributed by atoms with Crippen LogP contribution in [0, 0.1) is 0 Å². The average molecular weight is 344 g/mol. The van der Waals surface area contributed by atoms with E-state index >= 15 is 0 Å². The minimum Gasteiger partial charge on any atom is -0.329 e. The van der Waals surface area contributed by atoms with E-state index in [2.05, 4.69) is 44.2 Å². The molecule has 2 aliphatic rings. The Morgan fingerprint density at radius 1 is 1.42 bits per heavy atom. The molecular formula is C14H22BrN3S. The molecular weight excluding hydrogens is 322 g/mol. The Kier molecular flexibility index (Phi) is 4.29. The van der Waals surface area contributed by atoms with Crippen LogP contribution in [0.15, 0.2) is 15.9 Å². The van der Waals surface area contributed by atoms with Crippen molar-refractivity contribution in [1.82, 2.24) is 9.80 Å². The minimum atomic E-state index is 0.377. The molecule has 19 heavy (non-hydrogen) atoms. The van der Waals surface area contributed by atoms with Gasteiger partial charge < -0.3 is 5.73 Å². The van der Waals surface area contributed by atoms with Crippen LogP contribution in [0.25, 0.3) is 0 Å². The second-order valence-electron chi connectivity index (χ2n) is 5.72. The topological polar surface area (TPSA) is 32.5 Å². The van der Waals surface area contributed by atoms with Crippen LogP contribution in [-0.2, 0) is 0 Å². The largest absolute Gasteiger partial charge is 0.329 e. The fourth-order valence-corrected chi connectivity index (χ4v) is 5.37. The van der Waals surface area contributed by atoms with Crippen molar-refractivity contribution in [2.24, 2.45) is 5.73 Å². The number of nitrogens with two attached hydrogens (primary N) is 1. The van der Waals surface area contributed by atoms with Crippen LogP contribution in [0.3, 0.4) is 0 Å². The number of rotatable bonds is 3. The molecule has 0 radical (unpaired) electrons. The van der Waals surface area contributed by atoms with Gasteiger partial charge in [0.2, 0.25) is 0 Å². The number of thiophene rings is 1. The highest BCUT2D eigenvalue weighted by atomic mass is 79.9. The summed E-state index contributed by atoms with van der Waals surface area (Å²) in [6.45, 7) is 3.05. The Morgan fingerprint density at radius 3 is 2.89 bits per heavy atom. The maximum atomic E-state index is 6.08. The third-order valence-corrected chi connectivity index (χ3v) is 6.76. The minimum absolute atomic E-state index is 0.377. The molecule has 1 aromatic heterocycles. The van der Waals surface area contributed by atoms with E-state index in [1.54, 1.807) is 0 Å². The number of halogens is 1.